The molecule has 0 bridgehead atoms. The maximum atomic E-state index is 12.3. The maximum absolute atomic E-state index is 12.3. The third-order valence-electron chi connectivity index (χ3n) is 4.93. The van der Waals surface area contributed by atoms with Crippen molar-refractivity contribution in [3.8, 4) is 5.75 Å². The maximum Gasteiger partial charge on any atom is 0.223 e. The van der Waals surface area contributed by atoms with Crippen molar-refractivity contribution in [1.82, 2.24) is 15.0 Å². The minimum atomic E-state index is -0.0789. The molecule has 1 unspecified atom stereocenters. The standard InChI is InChI=1S/C21H25N3O2S2/c1-12(2)9-26-17-8-22-14(7-16(17)25)10-27-20-19-15-5-4-13(3)6-18(15)28-21(19)24-11-23-20/h7-8,11-13H,4-6,9-10H2,1-3H3,(H,22,25). The van der Waals surface area contributed by atoms with Crippen molar-refractivity contribution in [3.63, 3.8) is 0 Å². The van der Waals surface area contributed by atoms with E-state index < -0.39 is 0 Å². The fourth-order valence-electron chi connectivity index (χ4n) is 3.45. The zero-order chi connectivity index (χ0) is 19.7. The number of aromatic nitrogens is 3. The average molecular weight is 416 g/mol. The Hall–Kier alpha value is -1.86. The highest BCUT2D eigenvalue weighted by Gasteiger charge is 2.23. The lowest BCUT2D eigenvalue weighted by Gasteiger charge is -2.18. The van der Waals surface area contributed by atoms with E-state index in [4.69, 9.17) is 4.74 Å². The number of hydrogen-bond acceptors (Lipinski definition) is 6. The van der Waals surface area contributed by atoms with Crippen LogP contribution in [0.3, 0.4) is 0 Å². The summed E-state index contributed by atoms with van der Waals surface area (Å²) in [6, 6.07) is 1.63. The first-order chi connectivity index (χ1) is 13.5. The Balaban J connectivity index is 1.53. The molecule has 1 atom stereocenters. The molecule has 0 amide bonds. The highest BCUT2D eigenvalue weighted by Crippen LogP contribution is 2.40. The van der Waals surface area contributed by atoms with Gasteiger partial charge >= 0.3 is 0 Å². The molecule has 0 fully saturated rings. The highest BCUT2D eigenvalue weighted by molar-refractivity contribution is 7.98. The van der Waals surface area contributed by atoms with Gasteiger partial charge in [0.15, 0.2) is 5.75 Å². The van der Waals surface area contributed by atoms with E-state index in [1.807, 2.05) is 11.3 Å². The molecule has 1 aliphatic rings. The van der Waals surface area contributed by atoms with Gasteiger partial charge in [0.2, 0.25) is 5.43 Å². The molecule has 1 aliphatic carbocycles. The average Bonchev–Trinajstić information content (AvgIpc) is 3.03. The Kier molecular flexibility index (Phi) is 5.73. The number of pyridine rings is 1. The van der Waals surface area contributed by atoms with Crippen LogP contribution in [-0.4, -0.2) is 21.6 Å². The van der Waals surface area contributed by atoms with Crippen LogP contribution in [0.25, 0.3) is 10.2 Å². The first-order valence-corrected chi connectivity index (χ1v) is 11.5. The van der Waals surface area contributed by atoms with Crippen LogP contribution in [0.5, 0.6) is 5.75 Å². The minimum absolute atomic E-state index is 0.0789. The molecular weight excluding hydrogens is 390 g/mol. The molecule has 0 aliphatic heterocycles. The van der Waals surface area contributed by atoms with Gasteiger partial charge in [-0.1, -0.05) is 32.5 Å². The number of thiophene rings is 1. The lowest BCUT2D eigenvalue weighted by atomic mass is 9.89. The second-order valence-electron chi connectivity index (χ2n) is 7.89. The van der Waals surface area contributed by atoms with Gasteiger partial charge in [-0.15, -0.1) is 11.3 Å². The monoisotopic (exact) mass is 415 g/mol. The number of rotatable bonds is 6. The molecular formula is C21H25N3O2S2. The molecule has 4 rings (SSSR count). The van der Waals surface area contributed by atoms with Crippen molar-refractivity contribution in [2.24, 2.45) is 11.8 Å². The van der Waals surface area contributed by atoms with Gasteiger partial charge < -0.3 is 9.72 Å². The molecule has 1 N–H and O–H groups in total. The van der Waals surface area contributed by atoms with Gasteiger partial charge in [0.25, 0.3) is 0 Å². The number of aryl methyl sites for hydroxylation is 1. The molecule has 3 heterocycles. The zero-order valence-electron chi connectivity index (χ0n) is 16.4. The number of nitrogens with one attached hydrogen (secondary N) is 1. The molecule has 0 aromatic carbocycles. The van der Waals surface area contributed by atoms with Crippen LogP contribution in [0.15, 0.2) is 28.4 Å². The van der Waals surface area contributed by atoms with Gasteiger partial charge in [-0.3, -0.25) is 4.79 Å². The quantitative estimate of drug-likeness (QED) is 0.461. The van der Waals surface area contributed by atoms with Crippen molar-refractivity contribution in [2.75, 3.05) is 6.61 Å². The number of hydrogen-bond donors (Lipinski definition) is 1. The summed E-state index contributed by atoms with van der Waals surface area (Å²) in [5.74, 6) is 2.17. The molecule has 28 heavy (non-hydrogen) atoms. The second kappa shape index (κ2) is 8.25. The molecule has 0 saturated carbocycles. The summed E-state index contributed by atoms with van der Waals surface area (Å²) in [7, 11) is 0. The van der Waals surface area contributed by atoms with E-state index in [1.54, 1.807) is 30.4 Å². The van der Waals surface area contributed by atoms with Crippen molar-refractivity contribution in [3.05, 3.63) is 44.9 Å². The molecule has 5 nitrogen and oxygen atoms in total. The summed E-state index contributed by atoms with van der Waals surface area (Å²) >= 11 is 3.47. The van der Waals surface area contributed by atoms with E-state index in [-0.39, 0.29) is 5.43 Å². The molecule has 3 aromatic heterocycles. The summed E-state index contributed by atoms with van der Waals surface area (Å²) in [6.07, 6.45) is 6.80. The van der Waals surface area contributed by atoms with Crippen LogP contribution in [0.4, 0.5) is 0 Å². The summed E-state index contributed by atoms with van der Waals surface area (Å²) in [4.78, 5) is 27.1. The molecule has 148 valence electrons. The molecule has 0 spiro atoms. The van der Waals surface area contributed by atoms with Crippen LogP contribution in [0, 0.1) is 11.8 Å². The minimum Gasteiger partial charge on any atom is -0.488 e. The van der Waals surface area contributed by atoms with Crippen LogP contribution in [-0.2, 0) is 18.6 Å². The number of ether oxygens (including phenoxy) is 1. The smallest absolute Gasteiger partial charge is 0.223 e. The van der Waals surface area contributed by atoms with E-state index in [1.165, 1.54) is 22.2 Å². The van der Waals surface area contributed by atoms with Gasteiger partial charge in [0.05, 0.1) is 6.61 Å². The van der Waals surface area contributed by atoms with Gasteiger partial charge in [-0.05, 0) is 36.7 Å². The summed E-state index contributed by atoms with van der Waals surface area (Å²) < 4.78 is 5.56. The van der Waals surface area contributed by atoms with Crippen LogP contribution < -0.4 is 10.2 Å². The lowest BCUT2D eigenvalue weighted by Crippen LogP contribution is -2.13. The molecule has 3 aromatic rings. The first kappa shape index (κ1) is 19.5. The highest BCUT2D eigenvalue weighted by atomic mass is 32.2. The topological polar surface area (TPSA) is 67.9 Å². The van der Waals surface area contributed by atoms with E-state index >= 15 is 0 Å². The van der Waals surface area contributed by atoms with Crippen molar-refractivity contribution in [1.29, 1.82) is 0 Å². The molecule has 0 radical (unpaired) electrons. The zero-order valence-corrected chi connectivity index (χ0v) is 18.1. The number of nitrogens with zero attached hydrogens (tertiary/aromatic N) is 2. The Labute approximate surface area is 173 Å². The Bertz CT molecular complexity index is 1040. The van der Waals surface area contributed by atoms with Gasteiger partial charge in [-0.2, -0.15) is 0 Å². The number of thioether (sulfide) groups is 1. The number of aromatic amines is 1. The van der Waals surface area contributed by atoms with Crippen LogP contribution in [0.1, 0.15) is 43.3 Å². The van der Waals surface area contributed by atoms with Gasteiger partial charge in [-0.25, -0.2) is 9.97 Å². The Morgan fingerprint density at radius 3 is 3.04 bits per heavy atom. The first-order valence-electron chi connectivity index (χ1n) is 9.73. The fourth-order valence-corrected chi connectivity index (χ4v) is 5.81. The number of H-pyrrole nitrogens is 1. The van der Waals surface area contributed by atoms with Crippen molar-refractivity contribution >= 4 is 33.3 Å². The third-order valence-corrected chi connectivity index (χ3v) is 7.13. The van der Waals surface area contributed by atoms with Gasteiger partial charge in [0.1, 0.15) is 16.2 Å². The Morgan fingerprint density at radius 1 is 1.39 bits per heavy atom. The third kappa shape index (κ3) is 4.10. The number of fused-ring (bicyclic) bond motifs is 3. The largest absolute Gasteiger partial charge is 0.488 e. The normalized spacial score (nSPS) is 16.5. The van der Waals surface area contributed by atoms with E-state index in [9.17, 15) is 4.79 Å². The fraction of sp³-hybridized carbons (Fsp3) is 0.476. The second-order valence-corrected chi connectivity index (χ2v) is 9.94. The van der Waals surface area contributed by atoms with E-state index in [2.05, 4.69) is 35.7 Å². The van der Waals surface area contributed by atoms with Crippen molar-refractivity contribution < 1.29 is 4.74 Å². The lowest BCUT2D eigenvalue weighted by molar-refractivity contribution is 0.268. The van der Waals surface area contributed by atoms with E-state index in [0.717, 1.165) is 34.3 Å². The van der Waals surface area contributed by atoms with Gasteiger partial charge in [0, 0.05) is 34.0 Å². The van der Waals surface area contributed by atoms with E-state index in [0.29, 0.717) is 24.0 Å². The SMILES string of the molecule is CC(C)COc1c[nH]c(CSc2ncnc3sc4c(c23)CCC(C)C4)cc1=O. The predicted molar refractivity (Wildman–Crippen MR) is 116 cm³/mol. The Morgan fingerprint density at radius 2 is 2.25 bits per heavy atom. The molecule has 7 heteroatoms. The van der Waals surface area contributed by atoms with Crippen LogP contribution >= 0.6 is 23.1 Å². The molecule has 0 saturated heterocycles. The van der Waals surface area contributed by atoms with Crippen molar-refractivity contribution in [2.45, 2.75) is 50.8 Å². The summed E-state index contributed by atoms with van der Waals surface area (Å²) in [5, 5.41) is 2.23. The van der Waals surface area contributed by atoms with Crippen LogP contribution in [0.2, 0.25) is 0 Å². The summed E-state index contributed by atoms with van der Waals surface area (Å²) in [5.41, 5.74) is 2.23. The summed E-state index contributed by atoms with van der Waals surface area (Å²) in [6.45, 7) is 6.98. The predicted octanol–water partition coefficient (Wildman–Crippen LogP) is 4.83.